The van der Waals surface area contributed by atoms with E-state index in [2.05, 4.69) is 5.48 Å². The number of carbonyl (C=O) groups is 1. The van der Waals surface area contributed by atoms with Crippen LogP contribution in [0.1, 0.15) is 63.4 Å². The number of hydrogen-bond donors (Lipinski definition) is 2. The van der Waals surface area contributed by atoms with Gasteiger partial charge in [-0.15, -0.1) is 0 Å². The highest BCUT2D eigenvalue weighted by atomic mass is 31.1. The summed E-state index contributed by atoms with van der Waals surface area (Å²) in [5.74, 6) is -0.346. The number of hydrogen-bond acceptors (Lipinski definition) is 4. The highest BCUT2D eigenvalue weighted by Crippen LogP contribution is 2.40. The van der Waals surface area contributed by atoms with Gasteiger partial charge in [0.1, 0.15) is 5.60 Å². The molecule has 0 aromatic heterocycles. The molecule has 23 heavy (non-hydrogen) atoms. The first-order valence-corrected chi connectivity index (χ1v) is 8.90. The van der Waals surface area contributed by atoms with Crippen LogP contribution in [0.2, 0.25) is 0 Å². The van der Waals surface area contributed by atoms with Crippen LogP contribution >= 0.6 is 8.25 Å². The minimum Gasteiger partial charge on any atom is -0.326 e. The first kappa shape index (κ1) is 19.8. The molecule has 130 valence electrons. The van der Waals surface area contributed by atoms with Crippen molar-refractivity contribution in [2.24, 2.45) is 0 Å². The van der Waals surface area contributed by atoms with Crippen LogP contribution in [0.25, 0.3) is 0 Å². The maximum absolute atomic E-state index is 12.0. The second kappa shape index (κ2) is 8.06. The molecule has 0 saturated heterocycles. The lowest BCUT2D eigenvalue weighted by molar-refractivity contribution is -0.0589. The van der Waals surface area contributed by atoms with E-state index in [4.69, 9.17) is 14.3 Å². The quantitative estimate of drug-likeness (QED) is 0.584. The van der Waals surface area contributed by atoms with Crippen LogP contribution in [0.15, 0.2) is 24.3 Å². The lowest BCUT2D eigenvalue weighted by Gasteiger charge is -2.31. The Morgan fingerprint density at radius 3 is 2.09 bits per heavy atom. The minimum atomic E-state index is -3.06. The summed E-state index contributed by atoms with van der Waals surface area (Å²) in [7, 11) is -3.06. The third-order valence-electron chi connectivity index (χ3n) is 3.55. The van der Waals surface area contributed by atoms with E-state index in [0.717, 1.165) is 5.56 Å². The van der Waals surface area contributed by atoms with Crippen LogP contribution in [0.4, 0.5) is 0 Å². The van der Waals surface area contributed by atoms with Crippen molar-refractivity contribution < 1.29 is 23.6 Å². The van der Waals surface area contributed by atoms with Gasteiger partial charge in [0.2, 0.25) is 0 Å². The van der Waals surface area contributed by atoms with Gasteiger partial charge in [0.05, 0.1) is 5.60 Å². The second-order valence-electron chi connectivity index (χ2n) is 6.29. The fourth-order valence-electron chi connectivity index (χ4n) is 2.21. The van der Waals surface area contributed by atoms with Gasteiger partial charge in [0, 0.05) is 5.56 Å². The first-order chi connectivity index (χ1) is 10.6. The van der Waals surface area contributed by atoms with E-state index in [1.165, 1.54) is 0 Å². The van der Waals surface area contributed by atoms with Gasteiger partial charge in [-0.2, -0.15) is 0 Å². The van der Waals surface area contributed by atoms with Crippen molar-refractivity contribution in [1.29, 1.82) is 0 Å². The summed E-state index contributed by atoms with van der Waals surface area (Å²) in [6, 6.07) is 6.77. The molecule has 1 atom stereocenters. The molecule has 1 amide bonds. The van der Waals surface area contributed by atoms with Crippen molar-refractivity contribution in [2.45, 2.75) is 58.7 Å². The summed E-state index contributed by atoms with van der Waals surface area (Å²) >= 11 is 0. The molecule has 0 fully saturated rings. The second-order valence-corrected chi connectivity index (χ2v) is 7.03. The van der Waals surface area contributed by atoms with Gasteiger partial charge in [-0.1, -0.05) is 26.0 Å². The number of benzene rings is 1. The number of nitrogens with one attached hydrogen (secondary N) is 1. The third kappa shape index (κ3) is 5.74. The molecular formula is C16H26NO5P. The molecule has 0 aliphatic carbocycles. The molecule has 1 rings (SSSR count). The summed E-state index contributed by atoms with van der Waals surface area (Å²) < 4.78 is 16.4. The van der Waals surface area contributed by atoms with Gasteiger partial charge in [-0.05, 0) is 51.3 Å². The van der Waals surface area contributed by atoms with Gasteiger partial charge < -0.3 is 4.89 Å². The predicted molar refractivity (Wildman–Crippen MR) is 89.3 cm³/mol. The molecular weight excluding hydrogens is 317 g/mol. The van der Waals surface area contributed by atoms with E-state index >= 15 is 0 Å². The lowest BCUT2D eigenvalue weighted by Crippen LogP contribution is -2.33. The Balaban J connectivity index is 2.93. The number of carbonyl (C=O) groups excluding carboxylic acids is 1. The topological polar surface area (TPSA) is 84.9 Å². The highest BCUT2D eigenvalue weighted by molar-refractivity contribution is 7.32. The molecule has 7 heteroatoms. The summed E-state index contributed by atoms with van der Waals surface area (Å²) in [6.45, 7) is 9.29. The van der Waals surface area contributed by atoms with E-state index in [1.54, 1.807) is 24.3 Å². The monoisotopic (exact) mass is 343 g/mol. The molecule has 1 aromatic rings. The molecule has 0 aliphatic heterocycles. The number of rotatable bonds is 7. The van der Waals surface area contributed by atoms with Crippen LogP contribution in [0.3, 0.4) is 0 Å². The Labute approximate surface area is 138 Å². The molecule has 0 bridgehead atoms. The SMILES string of the molecule is CCC(CC)(O[PH](=O)O)c1ccc(C(=O)NOC(C)(C)C)cc1. The van der Waals surface area contributed by atoms with Gasteiger partial charge >= 0.3 is 8.25 Å². The van der Waals surface area contributed by atoms with Gasteiger partial charge in [0.25, 0.3) is 5.91 Å². The summed E-state index contributed by atoms with van der Waals surface area (Å²) in [5.41, 5.74) is 2.32. The smallest absolute Gasteiger partial charge is 0.317 e. The maximum Gasteiger partial charge on any atom is 0.317 e. The zero-order valence-electron chi connectivity index (χ0n) is 14.3. The fourth-order valence-corrected chi connectivity index (χ4v) is 2.95. The molecule has 0 spiro atoms. The van der Waals surface area contributed by atoms with Crippen LogP contribution in [0.5, 0.6) is 0 Å². The average Bonchev–Trinajstić information content (AvgIpc) is 2.49. The van der Waals surface area contributed by atoms with E-state index < -0.39 is 19.5 Å². The normalized spacial score (nSPS) is 13.7. The summed E-state index contributed by atoms with van der Waals surface area (Å²) in [4.78, 5) is 26.4. The van der Waals surface area contributed by atoms with E-state index in [1.807, 2.05) is 34.6 Å². The Kier molecular flexibility index (Phi) is 6.96. The molecule has 0 saturated carbocycles. The summed E-state index contributed by atoms with van der Waals surface area (Å²) in [6.07, 6.45) is 1.11. The van der Waals surface area contributed by atoms with Crippen molar-refractivity contribution in [1.82, 2.24) is 5.48 Å². The lowest BCUT2D eigenvalue weighted by atomic mass is 9.88. The minimum absolute atomic E-state index is 0.346. The Morgan fingerprint density at radius 2 is 1.70 bits per heavy atom. The molecule has 0 radical (unpaired) electrons. The summed E-state index contributed by atoms with van der Waals surface area (Å²) in [5, 5.41) is 0. The molecule has 6 nitrogen and oxygen atoms in total. The fraction of sp³-hybridized carbons (Fsp3) is 0.562. The Hall–Kier alpha value is -1.20. The number of hydroxylamine groups is 1. The van der Waals surface area contributed by atoms with Crippen molar-refractivity contribution in [3.05, 3.63) is 35.4 Å². The van der Waals surface area contributed by atoms with E-state index in [-0.39, 0.29) is 5.91 Å². The van der Waals surface area contributed by atoms with Gasteiger partial charge in [-0.3, -0.25) is 18.7 Å². The average molecular weight is 343 g/mol. The van der Waals surface area contributed by atoms with E-state index in [9.17, 15) is 9.36 Å². The third-order valence-corrected chi connectivity index (χ3v) is 4.11. The van der Waals surface area contributed by atoms with Crippen LogP contribution in [0, 0.1) is 0 Å². The van der Waals surface area contributed by atoms with E-state index in [0.29, 0.717) is 18.4 Å². The molecule has 1 unspecified atom stereocenters. The van der Waals surface area contributed by atoms with Crippen molar-refractivity contribution in [3.63, 3.8) is 0 Å². The first-order valence-electron chi connectivity index (χ1n) is 7.64. The standard InChI is InChI=1S/C16H26NO5P/c1-6-16(7-2,22-23(19)20)13-10-8-12(9-11-13)14(18)17-21-15(3,4)5/h8-11,23H,6-7H2,1-5H3,(H,17,18)(H,19,20). The zero-order valence-corrected chi connectivity index (χ0v) is 15.3. The van der Waals surface area contributed by atoms with Crippen LogP contribution < -0.4 is 5.48 Å². The molecule has 0 aliphatic rings. The maximum atomic E-state index is 12.0. The van der Waals surface area contributed by atoms with Crippen molar-refractivity contribution in [3.8, 4) is 0 Å². The van der Waals surface area contributed by atoms with Crippen molar-refractivity contribution >= 4 is 14.2 Å². The Morgan fingerprint density at radius 1 is 1.17 bits per heavy atom. The number of amides is 1. The Bertz CT molecular complexity index is 547. The largest absolute Gasteiger partial charge is 0.326 e. The van der Waals surface area contributed by atoms with Gasteiger partial charge in [0.15, 0.2) is 0 Å². The molecule has 1 aromatic carbocycles. The zero-order chi connectivity index (χ0) is 17.7. The highest BCUT2D eigenvalue weighted by Gasteiger charge is 2.31. The van der Waals surface area contributed by atoms with Gasteiger partial charge in [-0.25, -0.2) is 5.48 Å². The molecule has 2 N–H and O–H groups in total. The van der Waals surface area contributed by atoms with Crippen molar-refractivity contribution in [2.75, 3.05) is 0 Å². The molecule has 0 heterocycles. The predicted octanol–water partition coefficient (Wildman–Crippen LogP) is 3.56. The van der Waals surface area contributed by atoms with Crippen LogP contribution in [-0.2, 0) is 19.5 Å². The van der Waals surface area contributed by atoms with Crippen LogP contribution in [-0.4, -0.2) is 16.4 Å².